The van der Waals surface area contributed by atoms with E-state index in [2.05, 4.69) is 37.5 Å². The van der Waals surface area contributed by atoms with E-state index in [0.717, 1.165) is 25.6 Å². The van der Waals surface area contributed by atoms with Gasteiger partial charge in [-0.2, -0.15) is 5.10 Å². The topological polar surface area (TPSA) is 106 Å². The van der Waals surface area contributed by atoms with Crippen LogP contribution in [-0.4, -0.2) is 63.4 Å². The van der Waals surface area contributed by atoms with Crippen LogP contribution >= 0.6 is 0 Å². The van der Waals surface area contributed by atoms with Crippen LogP contribution < -0.4 is 20.1 Å². The van der Waals surface area contributed by atoms with Crippen LogP contribution in [0, 0.1) is 11.6 Å². The number of benzene rings is 2. The number of hydrogen-bond donors (Lipinski definition) is 2. The highest BCUT2D eigenvalue weighted by Crippen LogP contribution is 2.35. The number of likely N-dealkylation sites (tertiary alicyclic amines) is 1. The van der Waals surface area contributed by atoms with Crippen LogP contribution in [0.15, 0.2) is 49.1 Å². The molecule has 1 amide bonds. The summed E-state index contributed by atoms with van der Waals surface area (Å²) in [7, 11) is 1.58. The van der Waals surface area contributed by atoms with Gasteiger partial charge < -0.3 is 25.0 Å². The summed E-state index contributed by atoms with van der Waals surface area (Å²) in [6.07, 6.45) is 8.00. The Morgan fingerprint density at radius 2 is 2.08 bits per heavy atom. The van der Waals surface area contributed by atoms with Crippen LogP contribution in [0.4, 0.5) is 26.0 Å². The molecule has 210 valence electrons. The predicted molar refractivity (Wildman–Crippen MR) is 147 cm³/mol. The first-order chi connectivity index (χ1) is 19.4. The summed E-state index contributed by atoms with van der Waals surface area (Å²) in [5.41, 5.74) is 1.01. The van der Waals surface area contributed by atoms with Crippen LogP contribution in [0.3, 0.4) is 0 Å². The molecule has 0 saturated carbocycles. The van der Waals surface area contributed by atoms with E-state index < -0.39 is 17.5 Å². The Morgan fingerprint density at radius 1 is 1.20 bits per heavy atom. The summed E-state index contributed by atoms with van der Waals surface area (Å²) in [6.45, 7) is 4.79. The van der Waals surface area contributed by atoms with Crippen molar-refractivity contribution < 1.29 is 23.0 Å². The maximum Gasteiger partial charge on any atom is 0.246 e. The monoisotopic (exact) mass is 551 g/mol. The number of halogens is 2. The number of anilines is 3. The largest absolute Gasteiger partial charge is 0.493 e. The molecule has 10 nitrogen and oxygen atoms in total. The van der Waals surface area contributed by atoms with Crippen molar-refractivity contribution in [3.05, 3.63) is 60.7 Å². The van der Waals surface area contributed by atoms with Gasteiger partial charge in [0.05, 0.1) is 36.8 Å². The lowest BCUT2D eigenvalue weighted by Gasteiger charge is -2.21. The van der Waals surface area contributed by atoms with Gasteiger partial charge in [-0.15, -0.1) is 0 Å². The van der Waals surface area contributed by atoms with E-state index in [9.17, 15) is 13.6 Å². The SMILES string of the molecule is COc1cc2c(Nc3cnn(CC(=O)Nc4cccc(F)c4F)c3)ncnc2cc1OCCCN1CCC[C@H]1C. The first-order valence-electron chi connectivity index (χ1n) is 13.1. The lowest BCUT2D eigenvalue weighted by atomic mass is 10.2. The molecule has 2 aromatic heterocycles. The molecule has 2 aromatic carbocycles. The minimum absolute atomic E-state index is 0.201. The van der Waals surface area contributed by atoms with Gasteiger partial charge in [0.2, 0.25) is 5.91 Å². The summed E-state index contributed by atoms with van der Waals surface area (Å²) in [6, 6.07) is 7.86. The van der Waals surface area contributed by atoms with Crippen LogP contribution in [0.1, 0.15) is 26.2 Å². The van der Waals surface area contributed by atoms with Crippen LogP contribution in [0.2, 0.25) is 0 Å². The van der Waals surface area contributed by atoms with Crippen molar-refractivity contribution in [1.29, 1.82) is 0 Å². The van der Waals surface area contributed by atoms with Crippen molar-refractivity contribution in [2.24, 2.45) is 0 Å². The van der Waals surface area contributed by atoms with Crippen molar-refractivity contribution in [1.82, 2.24) is 24.6 Å². The molecular weight excluding hydrogens is 520 g/mol. The van der Waals surface area contributed by atoms with Gasteiger partial charge in [-0.25, -0.2) is 18.7 Å². The molecule has 3 heterocycles. The van der Waals surface area contributed by atoms with Gasteiger partial charge in [-0.1, -0.05) is 6.07 Å². The summed E-state index contributed by atoms with van der Waals surface area (Å²) >= 11 is 0. The number of rotatable bonds is 11. The molecule has 1 aliphatic heterocycles. The second-order valence-electron chi connectivity index (χ2n) is 9.67. The molecule has 1 aliphatic rings. The van der Waals surface area contributed by atoms with E-state index >= 15 is 0 Å². The lowest BCUT2D eigenvalue weighted by molar-refractivity contribution is -0.116. The van der Waals surface area contributed by atoms with E-state index in [0.29, 0.717) is 46.6 Å². The average Bonchev–Trinajstić information content (AvgIpc) is 3.56. The van der Waals surface area contributed by atoms with Crippen molar-refractivity contribution in [2.45, 2.75) is 38.8 Å². The number of nitrogens with zero attached hydrogens (tertiary/aromatic N) is 5. The number of carbonyl (C=O) groups is 1. The molecule has 0 bridgehead atoms. The fraction of sp³-hybridized carbons (Fsp3) is 0.357. The third-order valence-electron chi connectivity index (χ3n) is 6.89. The van der Waals surface area contributed by atoms with Crippen LogP contribution in [-0.2, 0) is 11.3 Å². The van der Waals surface area contributed by atoms with Gasteiger partial charge in [-0.3, -0.25) is 9.48 Å². The highest BCUT2D eigenvalue weighted by Gasteiger charge is 2.19. The quantitative estimate of drug-likeness (QED) is 0.257. The minimum Gasteiger partial charge on any atom is -0.493 e. The first-order valence-corrected chi connectivity index (χ1v) is 13.1. The molecule has 1 atom stereocenters. The van der Waals surface area contributed by atoms with Gasteiger partial charge in [0.15, 0.2) is 23.1 Å². The van der Waals surface area contributed by atoms with Gasteiger partial charge >= 0.3 is 0 Å². The zero-order valence-electron chi connectivity index (χ0n) is 22.4. The Hall–Kier alpha value is -4.32. The highest BCUT2D eigenvalue weighted by molar-refractivity contribution is 5.93. The summed E-state index contributed by atoms with van der Waals surface area (Å²) < 4.78 is 40.3. The van der Waals surface area contributed by atoms with E-state index in [1.165, 1.54) is 42.2 Å². The molecule has 1 saturated heterocycles. The van der Waals surface area contributed by atoms with Gasteiger partial charge in [0, 0.05) is 30.2 Å². The smallest absolute Gasteiger partial charge is 0.246 e. The summed E-state index contributed by atoms with van der Waals surface area (Å²) in [5, 5.41) is 10.4. The molecule has 0 aliphatic carbocycles. The molecule has 0 spiro atoms. The number of ether oxygens (including phenoxy) is 2. The molecule has 12 heteroatoms. The third-order valence-corrected chi connectivity index (χ3v) is 6.89. The molecule has 2 N–H and O–H groups in total. The van der Waals surface area contributed by atoms with Gasteiger partial charge in [-0.05, 0) is 50.9 Å². The molecule has 0 unspecified atom stereocenters. The van der Waals surface area contributed by atoms with Crippen molar-refractivity contribution in [2.75, 3.05) is 37.4 Å². The molecule has 5 rings (SSSR count). The minimum atomic E-state index is -1.12. The Labute approximate surface area is 230 Å². The van der Waals surface area contributed by atoms with Crippen LogP contribution in [0.25, 0.3) is 10.9 Å². The number of aromatic nitrogens is 4. The van der Waals surface area contributed by atoms with E-state index in [-0.39, 0.29) is 12.2 Å². The molecule has 1 fully saturated rings. The fourth-order valence-electron chi connectivity index (χ4n) is 4.80. The zero-order chi connectivity index (χ0) is 28.1. The molecule has 40 heavy (non-hydrogen) atoms. The lowest BCUT2D eigenvalue weighted by Crippen LogP contribution is -2.28. The Morgan fingerprint density at radius 3 is 2.88 bits per heavy atom. The number of methoxy groups -OCH3 is 1. The Bertz CT molecular complexity index is 1500. The molecular formula is C28H31F2N7O3. The van der Waals surface area contributed by atoms with E-state index in [4.69, 9.17) is 9.47 Å². The highest BCUT2D eigenvalue weighted by atomic mass is 19.2. The van der Waals surface area contributed by atoms with Gasteiger partial charge in [0.25, 0.3) is 0 Å². The van der Waals surface area contributed by atoms with Gasteiger partial charge in [0.1, 0.15) is 18.7 Å². The predicted octanol–water partition coefficient (Wildman–Crippen LogP) is 4.75. The number of hydrogen-bond acceptors (Lipinski definition) is 8. The zero-order valence-corrected chi connectivity index (χ0v) is 22.4. The van der Waals surface area contributed by atoms with E-state index in [1.54, 1.807) is 13.3 Å². The van der Waals surface area contributed by atoms with Crippen molar-refractivity contribution in [3.63, 3.8) is 0 Å². The molecule has 4 aromatic rings. The Kier molecular flexibility index (Phi) is 8.34. The number of amides is 1. The standard InChI is InChI=1S/C28H31F2N7O3/c1-18-6-4-9-36(18)10-5-11-40-25-13-23-20(12-24(25)39-2)28(32-17-31-23)34-19-14-33-37(15-19)16-26(38)35-22-8-3-7-21(29)27(22)30/h3,7-8,12-15,17-18H,4-6,9-11,16H2,1-2H3,(H,35,38)(H,31,32,34)/t18-/m1/s1. The normalized spacial score (nSPS) is 15.3. The summed E-state index contributed by atoms with van der Waals surface area (Å²) in [4.78, 5) is 23.6. The van der Waals surface area contributed by atoms with Crippen molar-refractivity contribution >= 4 is 34.0 Å². The van der Waals surface area contributed by atoms with Crippen LogP contribution in [0.5, 0.6) is 11.5 Å². The second-order valence-corrected chi connectivity index (χ2v) is 9.67. The summed E-state index contributed by atoms with van der Waals surface area (Å²) in [5.74, 6) is -1.01. The second kappa shape index (κ2) is 12.2. The number of fused-ring (bicyclic) bond motifs is 1. The Balaban J connectivity index is 1.23. The average molecular weight is 552 g/mol. The fourth-order valence-corrected chi connectivity index (χ4v) is 4.80. The van der Waals surface area contributed by atoms with E-state index in [1.807, 2.05) is 12.1 Å². The first kappa shape index (κ1) is 27.3. The maximum atomic E-state index is 13.8. The third kappa shape index (κ3) is 6.28. The number of carbonyl (C=O) groups excluding carboxylic acids is 1. The van der Waals surface area contributed by atoms with Crippen molar-refractivity contribution in [3.8, 4) is 11.5 Å². The maximum absolute atomic E-state index is 13.8. The molecule has 0 radical (unpaired) electrons. The number of nitrogens with one attached hydrogen (secondary N) is 2.